The van der Waals surface area contributed by atoms with Crippen LogP contribution < -0.4 is 15.8 Å². The zero-order chi connectivity index (χ0) is 19.5. The summed E-state index contributed by atoms with van der Waals surface area (Å²) < 4.78 is 5.99. The molecule has 0 aliphatic carbocycles. The number of hydrogen-bond acceptors (Lipinski definition) is 6. The highest BCUT2D eigenvalue weighted by atomic mass is 16.5. The highest BCUT2D eigenvalue weighted by molar-refractivity contribution is 5.95. The molecular weight excluding hydrogens is 352 g/mol. The largest absolute Gasteiger partial charge is 0.436 e. The maximum absolute atomic E-state index is 11.6. The van der Waals surface area contributed by atoms with Crippen molar-refractivity contribution < 1.29 is 9.53 Å². The van der Waals surface area contributed by atoms with Crippen LogP contribution in [-0.4, -0.2) is 15.8 Å². The van der Waals surface area contributed by atoms with Crippen LogP contribution >= 0.6 is 0 Å². The van der Waals surface area contributed by atoms with E-state index in [0.29, 0.717) is 22.8 Å². The summed E-state index contributed by atoms with van der Waals surface area (Å²) in [5.74, 6) is 1.31. The fourth-order valence-corrected chi connectivity index (χ4v) is 2.90. The van der Waals surface area contributed by atoms with E-state index >= 15 is 0 Å². The first-order valence-corrected chi connectivity index (χ1v) is 8.76. The maximum Gasteiger partial charge on any atom is 0.248 e. The van der Waals surface area contributed by atoms with Gasteiger partial charge in [-0.15, -0.1) is 0 Å². The predicted molar refractivity (Wildman–Crippen MR) is 110 cm³/mol. The van der Waals surface area contributed by atoms with Crippen molar-refractivity contribution in [3.63, 3.8) is 0 Å². The molecule has 138 valence electrons. The Kier molecular flexibility index (Phi) is 4.60. The van der Waals surface area contributed by atoms with Crippen molar-refractivity contribution in [3.05, 3.63) is 78.6 Å². The number of Topliss-reactive ketones (excluding diaryl/α,β-unsaturated/α-hetero) is 1. The molecule has 0 radical (unpaired) electrons. The minimum absolute atomic E-state index is 0.0145. The number of rotatable bonds is 5. The number of ether oxygens (including phenoxy) is 1. The lowest BCUT2D eigenvalue weighted by Gasteiger charge is -2.13. The fourth-order valence-electron chi connectivity index (χ4n) is 2.90. The second kappa shape index (κ2) is 7.36. The van der Waals surface area contributed by atoms with Crippen LogP contribution in [0.2, 0.25) is 0 Å². The molecule has 1 aromatic heterocycles. The average Bonchev–Trinajstić information content (AvgIpc) is 2.71. The molecular formula is C22H18N4O2. The molecule has 4 aromatic rings. The topological polar surface area (TPSA) is 90.1 Å². The van der Waals surface area contributed by atoms with Gasteiger partial charge in [0.2, 0.25) is 5.88 Å². The van der Waals surface area contributed by atoms with E-state index in [1.807, 2.05) is 48.5 Å². The van der Waals surface area contributed by atoms with Crippen molar-refractivity contribution in [3.8, 4) is 11.6 Å². The van der Waals surface area contributed by atoms with Crippen LogP contribution in [0, 0.1) is 0 Å². The number of carbonyl (C=O) groups excluding carboxylic acids is 1. The number of aromatic nitrogens is 2. The Morgan fingerprint density at radius 3 is 2.64 bits per heavy atom. The molecule has 0 spiro atoms. The zero-order valence-electron chi connectivity index (χ0n) is 15.2. The van der Waals surface area contributed by atoms with Crippen molar-refractivity contribution in [1.82, 2.24) is 9.97 Å². The summed E-state index contributed by atoms with van der Waals surface area (Å²) in [6.07, 6.45) is 1.38. The van der Waals surface area contributed by atoms with Gasteiger partial charge in [-0.1, -0.05) is 48.5 Å². The van der Waals surface area contributed by atoms with Gasteiger partial charge in [0.15, 0.2) is 11.6 Å². The van der Waals surface area contributed by atoms with Gasteiger partial charge in [-0.25, -0.2) is 4.98 Å². The second-order valence-corrected chi connectivity index (χ2v) is 6.28. The maximum atomic E-state index is 11.6. The molecule has 6 nitrogen and oxygen atoms in total. The number of nitrogens with one attached hydrogen (secondary N) is 1. The summed E-state index contributed by atoms with van der Waals surface area (Å²) >= 11 is 0. The van der Waals surface area contributed by atoms with Crippen LogP contribution in [-0.2, 0) is 0 Å². The van der Waals surface area contributed by atoms with Gasteiger partial charge in [0.1, 0.15) is 17.8 Å². The zero-order valence-corrected chi connectivity index (χ0v) is 15.2. The van der Waals surface area contributed by atoms with Gasteiger partial charge in [-0.2, -0.15) is 4.98 Å². The van der Waals surface area contributed by atoms with E-state index in [1.54, 1.807) is 18.2 Å². The molecule has 0 saturated carbocycles. The van der Waals surface area contributed by atoms with Crippen LogP contribution in [0.25, 0.3) is 10.8 Å². The predicted octanol–water partition coefficient (Wildman–Crippen LogP) is 4.95. The number of nitrogen functional groups attached to an aromatic ring is 1. The molecule has 0 fully saturated rings. The molecule has 0 bridgehead atoms. The molecule has 0 aliphatic rings. The quantitative estimate of drug-likeness (QED) is 0.483. The number of nitrogens with zero attached hydrogens (tertiary/aromatic N) is 2. The van der Waals surface area contributed by atoms with Gasteiger partial charge in [0.25, 0.3) is 0 Å². The number of ketones is 1. The summed E-state index contributed by atoms with van der Waals surface area (Å²) in [5, 5.41) is 5.15. The van der Waals surface area contributed by atoms with Gasteiger partial charge in [-0.05, 0) is 30.5 Å². The molecule has 0 aliphatic heterocycles. The van der Waals surface area contributed by atoms with E-state index in [0.717, 1.165) is 10.8 Å². The summed E-state index contributed by atoms with van der Waals surface area (Å²) in [5.41, 5.74) is 7.83. The first-order chi connectivity index (χ1) is 13.6. The average molecular weight is 370 g/mol. The molecule has 0 amide bonds. The Balaban J connectivity index is 1.65. The Labute approximate surface area is 162 Å². The smallest absolute Gasteiger partial charge is 0.248 e. The number of benzene rings is 3. The molecule has 3 N–H and O–H groups in total. The van der Waals surface area contributed by atoms with Crippen LogP contribution in [0.1, 0.15) is 17.3 Å². The van der Waals surface area contributed by atoms with Crippen molar-refractivity contribution >= 4 is 33.7 Å². The van der Waals surface area contributed by atoms with E-state index in [-0.39, 0.29) is 17.4 Å². The molecule has 4 rings (SSSR count). The van der Waals surface area contributed by atoms with Gasteiger partial charge in [0.05, 0.1) is 0 Å². The Morgan fingerprint density at radius 1 is 1.00 bits per heavy atom. The molecule has 0 saturated heterocycles. The molecule has 28 heavy (non-hydrogen) atoms. The van der Waals surface area contributed by atoms with Crippen molar-refractivity contribution in [2.24, 2.45) is 0 Å². The second-order valence-electron chi connectivity index (χ2n) is 6.28. The lowest BCUT2D eigenvalue weighted by molar-refractivity contribution is 0.101. The highest BCUT2D eigenvalue weighted by Crippen LogP contribution is 2.34. The summed E-state index contributed by atoms with van der Waals surface area (Å²) in [7, 11) is 0. The van der Waals surface area contributed by atoms with E-state index in [2.05, 4.69) is 15.3 Å². The van der Waals surface area contributed by atoms with Crippen LogP contribution in [0.15, 0.2) is 73.1 Å². The van der Waals surface area contributed by atoms with Crippen molar-refractivity contribution in [2.75, 3.05) is 11.1 Å². The molecule has 1 heterocycles. The van der Waals surface area contributed by atoms with Gasteiger partial charge in [-0.3, -0.25) is 4.79 Å². The van der Waals surface area contributed by atoms with E-state index in [9.17, 15) is 4.79 Å². The fraction of sp³-hybridized carbons (Fsp3) is 0.0455. The monoisotopic (exact) mass is 370 g/mol. The molecule has 0 atom stereocenters. The number of carbonyl (C=O) groups is 1. The molecule has 6 heteroatoms. The third kappa shape index (κ3) is 3.48. The lowest BCUT2D eigenvalue weighted by atomic mass is 10.1. The van der Waals surface area contributed by atoms with Crippen LogP contribution in [0.4, 0.5) is 17.2 Å². The van der Waals surface area contributed by atoms with Crippen LogP contribution in [0.5, 0.6) is 11.6 Å². The third-order valence-corrected chi connectivity index (χ3v) is 4.34. The highest BCUT2D eigenvalue weighted by Gasteiger charge is 2.12. The Bertz CT molecular complexity index is 1170. The minimum atomic E-state index is -0.0145. The third-order valence-electron chi connectivity index (χ3n) is 4.34. The number of anilines is 3. The van der Waals surface area contributed by atoms with Gasteiger partial charge >= 0.3 is 0 Å². The summed E-state index contributed by atoms with van der Waals surface area (Å²) in [6.45, 7) is 1.52. The van der Waals surface area contributed by atoms with Gasteiger partial charge < -0.3 is 15.8 Å². The molecule has 3 aromatic carbocycles. The molecule has 0 unspecified atom stereocenters. The van der Waals surface area contributed by atoms with Crippen LogP contribution in [0.3, 0.4) is 0 Å². The lowest BCUT2D eigenvalue weighted by Crippen LogP contribution is -2.04. The van der Waals surface area contributed by atoms with E-state index < -0.39 is 0 Å². The standard InChI is InChI=1S/C22H18N4O2/c1-14(27)16-8-4-9-17(12-16)26-21-20(23)22(25-13-24-21)28-19-11-5-7-15-6-2-3-10-18(15)19/h2-13H,23H2,1H3,(H,24,25,26). The SMILES string of the molecule is CC(=O)c1cccc(Nc2ncnc(Oc3cccc4ccccc34)c2N)c1. The van der Waals surface area contributed by atoms with Crippen molar-refractivity contribution in [2.45, 2.75) is 6.92 Å². The van der Waals surface area contributed by atoms with E-state index in [4.69, 9.17) is 10.5 Å². The van der Waals surface area contributed by atoms with Gasteiger partial charge in [0, 0.05) is 16.6 Å². The number of hydrogen-bond donors (Lipinski definition) is 2. The number of nitrogens with two attached hydrogens (primary N) is 1. The summed E-state index contributed by atoms with van der Waals surface area (Å²) in [6, 6.07) is 20.9. The van der Waals surface area contributed by atoms with Crippen molar-refractivity contribution in [1.29, 1.82) is 0 Å². The first-order valence-electron chi connectivity index (χ1n) is 8.76. The number of fused-ring (bicyclic) bond motifs is 1. The van der Waals surface area contributed by atoms with E-state index in [1.165, 1.54) is 13.3 Å². The summed E-state index contributed by atoms with van der Waals surface area (Å²) in [4.78, 5) is 20.0. The normalized spacial score (nSPS) is 10.6. The Hall–Kier alpha value is -3.93. The Morgan fingerprint density at radius 2 is 1.79 bits per heavy atom. The minimum Gasteiger partial charge on any atom is -0.436 e. The first kappa shape index (κ1) is 17.5.